The molecule has 0 amide bonds. The van der Waals surface area contributed by atoms with Gasteiger partial charge in [-0.1, -0.05) is 41.9 Å². The van der Waals surface area contributed by atoms with Crippen LogP contribution >= 0.6 is 11.6 Å². The molecular weight excluding hydrogens is 426 g/mol. The third kappa shape index (κ3) is 4.47. The number of nitrogens with one attached hydrogen (secondary N) is 2. The number of hydrogen-bond donors (Lipinski definition) is 2. The first-order chi connectivity index (χ1) is 14.2. The zero-order valence-corrected chi connectivity index (χ0v) is 15.5. The molecule has 3 rings (SSSR count). The van der Waals surface area contributed by atoms with Crippen LogP contribution in [0.3, 0.4) is 0 Å². The second-order valence-electron chi connectivity index (χ2n) is 5.85. The Bertz CT molecular complexity index is 1220. The fraction of sp³-hybridized carbons (Fsp3) is 0.0526. The van der Waals surface area contributed by atoms with Crippen molar-refractivity contribution in [3.05, 3.63) is 80.3 Å². The Morgan fingerprint density at radius 2 is 1.93 bits per heavy atom. The molecule has 3 aromatic rings. The van der Waals surface area contributed by atoms with Crippen LogP contribution in [0.4, 0.5) is 23.5 Å². The van der Waals surface area contributed by atoms with Gasteiger partial charge in [0.05, 0.1) is 22.5 Å². The summed E-state index contributed by atoms with van der Waals surface area (Å²) in [6, 6.07) is 11.6. The second kappa shape index (κ2) is 8.34. The van der Waals surface area contributed by atoms with E-state index >= 15 is 0 Å². The van der Waals surface area contributed by atoms with Crippen LogP contribution in [0.25, 0.3) is 11.3 Å². The normalized spacial score (nSPS) is 11.5. The summed E-state index contributed by atoms with van der Waals surface area (Å²) in [5.41, 5.74) is 0.416. The number of nitrogens with zero attached hydrogens (tertiary/aromatic N) is 3. The Kier molecular flexibility index (Phi) is 5.84. The van der Waals surface area contributed by atoms with Gasteiger partial charge in [0, 0.05) is 5.56 Å². The number of alkyl halides is 3. The fourth-order valence-electron chi connectivity index (χ4n) is 2.49. The molecule has 0 atom stereocenters. The average molecular weight is 436 g/mol. The van der Waals surface area contributed by atoms with Gasteiger partial charge in [-0.3, -0.25) is 9.78 Å². The number of anilines is 1. The SMILES string of the molecule is N#Cc1c(-c2ccccc2)nc(NN=Cc2cc(F)c(Cl)c(C(F)(F)F)c2)[nH]c1=O. The molecule has 152 valence electrons. The summed E-state index contributed by atoms with van der Waals surface area (Å²) in [6.07, 6.45) is -3.95. The summed E-state index contributed by atoms with van der Waals surface area (Å²) < 4.78 is 52.5. The van der Waals surface area contributed by atoms with Crippen molar-refractivity contribution >= 4 is 23.8 Å². The number of hydrazone groups is 1. The summed E-state index contributed by atoms with van der Waals surface area (Å²) in [4.78, 5) is 18.5. The van der Waals surface area contributed by atoms with E-state index in [1.54, 1.807) is 36.4 Å². The van der Waals surface area contributed by atoms with Crippen LogP contribution in [0.5, 0.6) is 0 Å². The Morgan fingerprint density at radius 3 is 2.57 bits per heavy atom. The van der Waals surface area contributed by atoms with Crippen LogP contribution in [0, 0.1) is 17.1 Å². The molecule has 0 bridgehead atoms. The van der Waals surface area contributed by atoms with Gasteiger partial charge in [-0.15, -0.1) is 0 Å². The van der Waals surface area contributed by atoms with Gasteiger partial charge >= 0.3 is 6.18 Å². The predicted molar refractivity (Wildman–Crippen MR) is 103 cm³/mol. The van der Waals surface area contributed by atoms with Crippen LogP contribution in [0.15, 0.2) is 52.4 Å². The Hall–Kier alpha value is -3.71. The first-order valence-corrected chi connectivity index (χ1v) is 8.53. The zero-order valence-electron chi connectivity index (χ0n) is 14.8. The highest BCUT2D eigenvalue weighted by molar-refractivity contribution is 6.31. The second-order valence-corrected chi connectivity index (χ2v) is 6.23. The van der Waals surface area contributed by atoms with Crippen LogP contribution in [0.2, 0.25) is 5.02 Å². The van der Waals surface area contributed by atoms with Crippen molar-refractivity contribution < 1.29 is 17.6 Å². The van der Waals surface area contributed by atoms with E-state index < -0.39 is 28.1 Å². The summed E-state index contributed by atoms with van der Waals surface area (Å²) in [5, 5.41) is 11.8. The molecule has 6 nitrogen and oxygen atoms in total. The van der Waals surface area contributed by atoms with Gasteiger partial charge in [0.2, 0.25) is 5.95 Å². The predicted octanol–water partition coefficient (Wildman–Crippen LogP) is 4.57. The average Bonchev–Trinajstić information content (AvgIpc) is 2.70. The highest BCUT2D eigenvalue weighted by Crippen LogP contribution is 2.36. The molecule has 0 radical (unpaired) electrons. The van der Waals surface area contributed by atoms with Gasteiger partial charge in [0.1, 0.15) is 17.4 Å². The number of aromatic amines is 1. The van der Waals surface area contributed by atoms with Crippen molar-refractivity contribution in [2.45, 2.75) is 6.18 Å². The van der Waals surface area contributed by atoms with Gasteiger partial charge in [-0.25, -0.2) is 14.8 Å². The Balaban J connectivity index is 1.93. The smallest absolute Gasteiger partial charge is 0.290 e. The summed E-state index contributed by atoms with van der Waals surface area (Å²) in [7, 11) is 0. The molecule has 1 heterocycles. The molecule has 1 aromatic heterocycles. The molecule has 0 saturated carbocycles. The monoisotopic (exact) mass is 435 g/mol. The van der Waals surface area contributed by atoms with E-state index in [1.807, 2.05) is 0 Å². The number of hydrogen-bond acceptors (Lipinski definition) is 5. The zero-order chi connectivity index (χ0) is 21.9. The quantitative estimate of drug-likeness (QED) is 0.357. The lowest BCUT2D eigenvalue weighted by atomic mass is 10.1. The molecule has 0 spiro atoms. The van der Waals surface area contributed by atoms with Crippen LogP contribution in [0.1, 0.15) is 16.7 Å². The molecule has 0 saturated heterocycles. The maximum absolute atomic E-state index is 13.7. The lowest BCUT2D eigenvalue weighted by Gasteiger charge is -2.10. The maximum atomic E-state index is 13.7. The van der Waals surface area contributed by atoms with E-state index in [2.05, 4.69) is 20.5 Å². The molecule has 0 aliphatic carbocycles. The Labute approximate surface area is 171 Å². The first kappa shape index (κ1) is 21.0. The minimum Gasteiger partial charge on any atom is -0.290 e. The van der Waals surface area contributed by atoms with Crippen molar-refractivity contribution in [2.75, 3.05) is 5.43 Å². The lowest BCUT2D eigenvalue weighted by molar-refractivity contribution is -0.137. The number of rotatable bonds is 4. The molecular formula is C19H10ClF4N5O. The molecule has 0 fully saturated rings. The van der Waals surface area contributed by atoms with E-state index in [1.165, 1.54) is 0 Å². The van der Waals surface area contributed by atoms with E-state index in [4.69, 9.17) is 11.6 Å². The summed E-state index contributed by atoms with van der Waals surface area (Å²) >= 11 is 5.37. The van der Waals surface area contributed by atoms with Crippen molar-refractivity contribution in [3.8, 4) is 17.3 Å². The van der Waals surface area contributed by atoms with Crippen molar-refractivity contribution in [3.63, 3.8) is 0 Å². The first-order valence-electron chi connectivity index (χ1n) is 8.16. The minimum atomic E-state index is -4.85. The van der Waals surface area contributed by atoms with Gasteiger partial charge in [0.15, 0.2) is 0 Å². The molecule has 2 aromatic carbocycles. The summed E-state index contributed by atoms with van der Waals surface area (Å²) in [6.45, 7) is 0. The number of H-pyrrole nitrogens is 1. The molecule has 30 heavy (non-hydrogen) atoms. The number of aromatic nitrogens is 2. The number of halogens is 5. The van der Waals surface area contributed by atoms with E-state index in [0.717, 1.165) is 12.3 Å². The Morgan fingerprint density at radius 1 is 1.23 bits per heavy atom. The standard InChI is InChI=1S/C19H10ClF4N5O/c20-15-13(19(22,23)24)6-10(7-14(15)21)9-26-29-18-27-16(11-4-2-1-3-5-11)12(8-25)17(30)28-18/h1-7,9H,(H2,27,28,29,30). The highest BCUT2D eigenvalue weighted by Gasteiger charge is 2.34. The third-order valence-corrected chi connectivity index (χ3v) is 4.20. The number of nitriles is 1. The van der Waals surface area contributed by atoms with Gasteiger partial charge < -0.3 is 0 Å². The molecule has 0 aliphatic heterocycles. The van der Waals surface area contributed by atoms with Crippen LogP contribution in [-0.4, -0.2) is 16.2 Å². The van der Waals surface area contributed by atoms with Crippen molar-refractivity contribution in [2.24, 2.45) is 5.10 Å². The lowest BCUT2D eigenvalue weighted by Crippen LogP contribution is -2.16. The van der Waals surface area contributed by atoms with E-state index in [0.29, 0.717) is 11.6 Å². The van der Waals surface area contributed by atoms with Gasteiger partial charge in [-0.2, -0.15) is 23.5 Å². The van der Waals surface area contributed by atoms with Crippen molar-refractivity contribution in [1.29, 1.82) is 5.26 Å². The van der Waals surface area contributed by atoms with Crippen LogP contribution in [-0.2, 0) is 6.18 Å². The third-order valence-electron chi connectivity index (χ3n) is 3.82. The maximum Gasteiger partial charge on any atom is 0.417 e. The molecule has 2 N–H and O–H groups in total. The summed E-state index contributed by atoms with van der Waals surface area (Å²) in [5.74, 6) is -1.43. The van der Waals surface area contributed by atoms with Gasteiger partial charge in [0.25, 0.3) is 5.56 Å². The van der Waals surface area contributed by atoms with E-state index in [-0.39, 0.29) is 22.8 Å². The van der Waals surface area contributed by atoms with Crippen molar-refractivity contribution in [1.82, 2.24) is 9.97 Å². The van der Waals surface area contributed by atoms with Gasteiger partial charge in [-0.05, 0) is 17.7 Å². The fourth-order valence-corrected chi connectivity index (χ4v) is 2.71. The highest BCUT2D eigenvalue weighted by atomic mass is 35.5. The van der Waals surface area contributed by atoms with Crippen LogP contribution < -0.4 is 11.0 Å². The molecule has 0 unspecified atom stereocenters. The molecule has 11 heteroatoms. The topological polar surface area (TPSA) is 93.9 Å². The minimum absolute atomic E-state index is 0.0939. The number of benzene rings is 2. The largest absolute Gasteiger partial charge is 0.417 e. The molecule has 0 aliphatic rings. The van der Waals surface area contributed by atoms with E-state index in [9.17, 15) is 27.6 Å².